The third-order valence-corrected chi connectivity index (χ3v) is 3.81. The molecule has 0 aromatic heterocycles. The molecule has 0 bridgehead atoms. The zero-order chi connectivity index (χ0) is 17.5. The molecule has 0 spiro atoms. The molecule has 0 aliphatic carbocycles. The molecule has 1 amide bonds. The fourth-order valence-corrected chi connectivity index (χ4v) is 2.26. The van der Waals surface area contributed by atoms with Gasteiger partial charge in [0, 0.05) is 5.69 Å². The summed E-state index contributed by atoms with van der Waals surface area (Å²) in [5, 5.41) is 6.46. The summed E-state index contributed by atoms with van der Waals surface area (Å²) in [5.74, 6) is -0.788. The number of para-hydroxylation sites is 1. The van der Waals surface area contributed by atoms with Crippen LogP contribution in [0.1, 0.15) is 17.3 Å². The van der Waals surface area contributed by atoms with Crippen LogP contribution in [-0.2, 0) is 9.53 Å². The van der Waals surface area contributed by atoms with Crippen molar-refractivity contribution in [2.75, 3.05) is 23.8 Å². The van der Waals surface area contributed by atoms with Gasteiger partial charge in [0.15, 0.2) is 0 Å². The Hall–Kier alpha value is -2.24. The van der Waals surface area contributed by atoms with Gasteiger partial charge in [0.1, 0.15) is 0 Å². The van der Waals surface area contributed by atoms with E-state index in [1.165, 1.54) is 0 Å². The second-order valence-electron chi connectivity index (χ2n) is 4.80. The molecule has 0 fully saturated rings. The minimum atomic E-state index is -0.481. The minimum absolute atomic E-state index is 0.00905. The second-order valence-corrected chi connectivity index (χ2v) is 5.61. The van der Waals surface area contributed by atoms with E-state index >= 15 is 0 Å². The molecular weight excluding hydrogens is 351 g/mol. The highest BCUT2D eigenvalue weighted by atomic mass is 35.5. The molecule has 0 atom stereocenters. The number of hydrogen-bond acceptors (Lipinski definition) is 4. The largest absolute Gasteiger partial charge is 0.462 e. The smallest absolute Gasteiger partial charge is 0.340 e. The minimum Gasteiger partial charge on any atom is -0.462 e. The molecule has 2 aromatic rings. The summed E-state index contributed by atoms with van der Waals surface area (Å²) >= 11 is 11.8. The van der Waals surface area contributed by atoms with E-state index in [0.717, 1.165) is 0 Å². The molecule has 0 radical (unpaired) electrons. The number of amides is 1. The van der Waals surface area contributed by atoms with E-state index in [-0.39, 0.29) is 19.1 Å². The van der Waals surface area contributed by atoms with Crippen LogP contribution in [0.25, 0.3) is 0 Å². The quantitative estimate of drug-likeness (QED) is 0.751. The van der Waals surface area contributed by atoms with Gasteiger partial charge in [0.2, 0.25) is 5.91 Å². The van der Waals surface area contributed by atoms with Gasteiger partial charge in [-0.3, -0.25) is 4.79 Å². The maximum Gasteiger partial charge on any atom is 0.340 e. The third kappa shape index (κ3) is 4.88. The number of esters is 1. The van der Waals surface area contributed by atoms with Gasteiger partial charge in [-0.15, -0.1) is 0 Å². The normalized spacial score (nSPS) is 10.1. The number of rotatable bonds is 6. The molecule has 0 saturated heterocycles. The highest BCUT2D eigenvalue weighted by Crippen LogP contribution is 2.25. The third-order valence-electron chi connectivity index (χ3n) is 3.07. The number of anilines is 2. The number of benzene rings is 2. The number of hydrogen-bond donors (Lipinski definition) is 2. The van der Waals surface area contributed by atoms with Crippen molar-refractivity contribution >= 4 is 46.5 Å². The highest BCUT2D eigenvalue weighted by molar-refractivity contribution is 6.42. The lowest BCUT2D eigenvalue weighted by atomic mass is 10.2. The lowest BCUT2D eigenvalue weighted by molar-refractivity contribution is -0.114. The molecule has 24 heavy (non-hydrogen) atoms. The second kappa shape index (κ2) is 8.57. The topological polar surface area (TPSA) is 67.4 Å². The van der Waals surface area contributed by atoms with Gasteiger partial charge in [-0.2, -0.15) is 0 Å². The molecule has 2 aromatic carbocycles. The van der Waals surface area contributed by atoms with E-state index in [2.05, 4.69) is 10.6 Å². The molecule has 7 heteroatoms. The summed E-state index contributed by atoms with van der Waals surface area (Å²) in [7, 11) is 0. The van der Waals surface area contributed by atoms with Gasteiger partial charge >= 0.3 is 5.97 Å². The first-order valence-corrected chi connectivity index (χ1v) is 8.01. The fourth-order valence-electron chi connectivity index (χ4n) is 1.96. The Morgan fingerprint density at radius 2 is 1.83 bits per heavy atom. The predicted molar refractivity (Wildman–Crippen MR) is 96.0 cm³/mol. The zero-order valence-electron chi connectivity index (χ0n) is 12.9. The molecule has 0 aliphatic heterocycles. The molecule has 2 N–H and O–H groups in total. The van der Waals surface area contributed by atoms with E-state index in [1.54, 1.807) is 49.4 Å². The lowest BCUT2D eigenvalue weighted by Crippen LogP contribution is -2.23. The molecule has 126 valence electrons. The van der Waals surface area contributed by atoms with Crippen LogP contribution in [-0.4, -0.2) is 25.0 Å². The van der Waals surface area contributed by atoms with E-state index < -0.39 is 5.97 Å². The molecule has 2 rings (SSSR count). The van der Waals surface area contributed by atoms with Crippen LogP contribution in [0, 0.1) is 0 Å². The van der Waals surface area contributed by atoms with Crippen molar-refractivity contribution in [3.05, 3.63) is 58.1 Å². The van der Waals surface area contributed by atoms with Crippen molar-refractivity contribution in [3.63, 3.8) is 0 Å². The van der Waals surface area contributed by atoms with Crippen LogP contribution in [0.15, 0.2) is 42.5 Å². The van der Waals surface area contributed by atoms with Crippen LogP contribution < -0.4 is 10.6 Å². The van der Waals surface area contributed by atoms with Gasteiger partial charge in [-0.05, 0) is 37.3 Å². The summed E-state index contributed by atoms with van der Waals surface area (Å²) in [6.45, 7) is 2.00. The SMILES string of the molecule is CCOC(=O)c1ccccc1NC(=O)CNc1ccc(Cl)c(Cl)c1. The maximum absolute atomic E-state index is 12.1. The number of ether oxygens (including phenoxy) is 1. The van der Waals surface area contributed by atoms with E-state index in [1.807, 2.05) is 0 Å². The summed E-state index contributed by atoms with van der Waals surface area (Å²) in [5.41, 5.74) is 1.37. The highest BCUT2D eigenvalue weighted by Gasteiger charge is 2.13. The van der Waals surface area contributed by atoms with Crippen molar-refractivity contribution in [2.24, 2.45) is 0 Å². The maximum atomic E-state index is 12.1. The molecule has 5 nitrogen and oxygen atoms in total. The Balaban J connectivity index is 1.99. The van der Waals surface area contributed by atoms with Gasteiger partial charge in [-0.25, -0.2) is 4.79 Å². The fraction of sp³-hybridized carbons (Fsp3) is 0.176. The summed E-state index contributed by atoms with van der Waals surface area (Å²) < 4.78 is 4.97. The monoisotopic (exact) mass is 366 g/mol. The lowest BCUT2D eigenvalue weighted by Gasteiger charge is -2.11. The van der Waals surface area contributed by atoms with Gasteiger partial charge in [0.05, 0.1) is 34.4 Å². The Labute approximate surface area is 149 Å². The zero-order valence-corrected chi connectivity index (χ0v) is 14.4. The Morgan fingerprint density at radius 1 is 1.08 bits per heavy atom. The first-order valence-electron chi connectivity index (χ1n) is 7.26. The number of carbonyl (C=O) groups excluding carboxylic acids is 2. The number of halogens is 2. The summed E-state index contributed by atoms with van der Waals surface area (Å²) in [6.07, 6.45) is 0. The van der Waals surface area contributed by atoms with Gasteiger partial charge in [0.25, 0.3) is 0 Å². The average Bonchev–Trinajstić information content (AvgIpc) is 2.56. The number of carbonyl (C=O) groups is 2. The van der Waals surface area contributed by atoms with Crippen LogP contribution >= 0.6 is 23.2 Å². The van der Waals surface area contributed by atoms with Gasteiger partial charge in [-0.1, -0.05) is 35.3 Å². The predicted octanol–water partition coefficient (Wildman–Crippen LogP) is 4.22. The summed E-state index contributed by atoms with van der Waals surface area (Å²) in [4.78, 5) is 24.0. The van der Waals surface area contributed by atoms with Crippen molar-refractivity contribution in [3.8, 4) is 0 Å². The van der Waals surface area contributed by atoms with Gasteiger partial charge < -0.3 is 15.4 Å². The molecular formula is C17H16Cl2N2O3. The van der Waals surface area contributed by atoms with Crippen molar-refractivity contribution in [2.45, 2.75) is 6.92 Å². The van der Waals surface area contributed by atoms with Crippen LogP contribution in [0.2, 0.25) is 10.0 Å². The average molecular weight is 367 g/mol. The first-order chi connectivity index (χ1) is 11.5. The number of nitrogens with one attached hydrogen (secondary N) is 2. The standard InChI is InChI=1S/C17H16Cl2N2O3/c1-2-24-17(23)12-5-3-4-6-15(12)21-16(22)10-20-11-7-8-13(18)14(19)9-11/h3-9,20H,2,10H2,1H3,(H,21,22). The van der Waals surface area contributed by atoms with Crippen molar-refractivity contribution in [1.29, 1.82) is 0 Å². The van der Waals surface area contributed by atoms with Crippen LogP contribution in [0.5, 0.6) is 0 Å². The van der Waals surface area contributed by atoms with E-state index in [0.29, 0.717) is 27.0 Å². The molecule has 0 saturated carbocycles. The van der Waals surface area contributed by atoms with Crippen LogP contribution in [0.4, 0.5) is 11.4 Å². The Morgan fingerprint density at radius 3 is 2.54 bits per heavy atom. The molecule has 0 aliphatic rings. The van der Waals surface area contributed by atoms with E-state index in [9.17, 15) is 9.59 Å². The van der Waals surface area contributed by atoms with Crippen molar-refractivity contribution < 1.29 is 14.3 Å². The van der Waals surface area contributed by atoms with Crippen molar-refractivity contribution in [1.82, 2.24) is 0 Å². The van der Waals surface area contributed by atoms with E-state index in [4.69, 9.17) is 27.9 Å². The van der Waals surface area contributed by atoms with Crippen LogP contribution in [0.3, 0.4) is 0 Å². The summed E-state index contributed by atoms with van der Waals surface area (Å²) in [6, 6.07) is 11.7. The molecule has 0 heterocycles. The Bertz CT molecular complexity index is 750. The first kappa shape index (κ1) is 18.1. The molecule has 0 unspecified atom stereocenters. The Kier molecular flexibility index (Phi) is 6.46.